The van der Waals surface area contributed by atoms with Gasteiger partial charge in [0.25, 0.3) is 11.6 Å². The van der Waals surface area contributed by atoms with E-state index in [2.05, 4.69) is 5.32 Å². The lowest BCUT2D eigenvalue weighted by Crippen LogP contribution is -2.46. The Bertz CT molecular complexity index is 530. The van der Waals surface area contributed by atoms with Crippen molar-refractivity contribution in [2.75, 3.05) is 20.1 Å². The Balaban J connectivity index is 2.27. The molecule has 1 saturated heterocycles. The van der Waals surface area contributed by atoms with Gasteiger partial charge in [-0.05, 0) is 31.5 Å². The zero-order valence-corrected chi connectivity index (χ0v) is 11.9. The SMILES string of the molecule is CN(C(=O)c1cc(Cl)ccc1[N+](=O)[O-])C1CCCNC1. The van der Waals surface area contributed by atoms with Gasteiger partial charge in [-0.1, -0.05) is 11.6 Å². The lowest BCUT2D eigenvalue weighted by atomic mass is 10.0. The molecule has 1 unspecified atom stereocenters. The Morgan fingerprint density at radius 3 is 2.90 bits per heavy atom. The van der Waals surface area contributed by atoms with Gasteiger partial charge in [-0.25, -0.2) is 0 Å². The third kappa shape index (κ3) is 3.08. The molecule has 1 aromatic rings. The number of likely N-dealkylation sites (N-methyl/N-ethyl adjacent to an activating group) is 1. The van der Waals surface area contributed by atoms with Gasteiger partial charge in [0.1, 0.15) is 5.56 Å². The van der Waals surface area contributed by atoms with E-state index in [1.807, 2.05) is 0 Å². The van der Waals surface area contributed by atoms with Crippen LogP contribution in [0.1, 0.15) is 23.2 Å². The first kappa shape index (κ1) is 14.7. The van der Waals surface area contributed by atoms with E-state index < -0.39 is 4.92 Å². The van der Waals surface area contributed by atoms with Crippen molar-refractivity contribution in [3.05, 3.63) is 38.9 Å². The number of nitro benzene ring substituents is 1. The molecule has 0 aliphatic carbocycles. The molecule has 1 heterocycles. The minimum atomic E-state index is -0.559. The highest BCUT2D eigenvalue weighted by Crippen LogP contribution is 2.25. The van der Waals surface area contributed by atoms with Crippen molar-refractivity contribution in [1.29, 1.82) is 0 Å². The van der Waals surface area contributed by atoms with Crippen LogP contribution in [-0.4, -0.2) is 41.9 Å². The number of hydrogen-bond donors (Lipinski definition) is 1. The van der Waals surface area contributed by atoms with Crippen LogP contribution >= 0.6 is 11.6 Å². The normalized spacial score (nSPS) is 18.6. The van der Waals surface area contributed by atoms with Crippen molar-refractivity contribution in [3.63, 3.8) is 0 Å². The van der Waals surface area contributed by atoms with Crippen LogP contribution < -0.4 is 5.32 Å². The lowest BCUT2D eigenvalue weighted by molar-refractivity contribution is -0.385. The molecule has 0 aromatic heterocycles. The number of nitrogens with one attached hydrogen (secondary N) is 1. The van der Waals surface area contributed by atoms with Crippen LogP contribution in [0.5, 0.6) is 0 Å². The fourth-order valence-electron chi connectivity index (χ4n) is 2.36. The standard InChI is InChI=1S/C13H16ClN3O3/c1-16(10-3-2-6-15-8-10)13(18)11-7-9(14)4-5-12(11)17(19)20/h4-5,7,10,15H,2-3,6,8H2,1H3. The van der Waals surface area contributed by atoms with Crippen LogP contribution in [0.15, 0.2) is 18.2 Å². The van der Waals surface area contributed by atoms with E-state index in [1.165, 1.54) is 18.2 Å². The van der Waals surface area contributed by atoms with Crippen molar-refractivity contribution in [1.82, 2.24) is 10.2 Å². The van der Waals surface area contributed by atoms with Gasteiger partial charge in [0.05, 0.1) is 4.92 Å². The maximum Gasteiger partial charge on any atom is 0.282 e. The first-order valence-corrected chi connectivity index (χ1v) is 6.80. The Kier molecular flexibility index (Phi) is 4.57. The van der Waals surface area contributed by atoms with Gasteiger partial charge in [-0.15, -0.1) is 0 Å². The van der Waals surface area contributed by atoms with Crippen LogP contribution in [0.25, 0.3) is 0 Å². The number of nitro groups is 1. The van der Waals surface area contributed by atoms with Gasteiger partial charge in [-0.3, -0.25) is 14.9 Å². The zero-order chi connectivity index (χ0) is 14.7. The van der Waals surface area contributed by atoms with Crippen LogP contribution in [0, 0.1) is 10.1 Å². The molecule has 1 fully saturated rings. The number of carbonyl (C=O) groups is 1. The van der Waals surface area contributed by atoms with Crippen LogP contribution in [-0.2, 0) is 0 Å². The van der Waals surface area contributed by atoms with Gasteiger partial charge in [0.15, 0.2) is 0 Å². The molecular formula is C13H16ClN3O3. The van der Waals surface area contributed by atoms with E-state index in [-0.39, 0.29) is 23.2 Å². The molecule has 6 nitrogen and oxygen atoms in total. The summed E-state index contributed by atoms with van der Waals surface area (Å²) < 4.78 is 0. The Hall–Kier alpha value is -1.66. The van der Waals surface area contributed by atoms with Crippen molar-refractivity contribution in [2.24, 2.45) is 0 Å². The number of carbonyl (C=O) groups excluding carboxylic acids is 1. The number of rotatable bonds is 3. The summed E-state index contributed by atoms with van der Waals surface area (Å²) in [5.41, 5.74) is -0.175. The predicted molar refractivity (Wildman–Crippen MR) is 76.1 cm³/mol. The van der Waals surface area contributed by atoms with Crippen LogP contribution in [0.2, 0.25) is 5.02 Å². The Labute approximate surface area is 121 Å². The summed E-state index contributed by atoms with van der Waals surface area (Å²) in [4.78, 5) is 24.5. The average Bonchev–Trinajstić information content (AvgIpc) is 2.46. The van der Waals surface area contributed by atoms with Gasteiger partial charge >= 0.3 is 0 Å². The smallest absolute Gasteiger partial charge is 0.282 e. The van der Waals surface area contributed by atoms with Crippen molar-refractivity contribution >= 4 is 23.2 Å². The summed E-state index contributed by atoms with van der Waals surface area (Å²) in [6.45, 7) is 1.65. The topological polar surface area (TPSA) is 75.5 Å². The predicted octanol–water partition coefficient (Wildman–Crippen LogP) is 2.07. The monoisotopic (exact) mass is 297 g/mol. The third-order valence-corrected chi connectivity index (χ3v) is 3.76. The fourth-order valence-corrected chi connectivity index (χ4v) is 2.53. The molecule has 0 saturated carbocycles. The number of halogens is 1. The third-order valence-electron chi connectivity index (χ3n) is 3.52. The number of piperidine rings is 1. The maximum absolute atomic E-state index is 12.5. The number of amides is 1. The van der Waals surface area contributed by atoms with Gasteiger partial charge < -0.3 is 10.2 Å². The molecule has 1 aliphatic rings. The highest BCUT2D eigenvalue weighted by atomic mass is 35.5. The van der Waals surface area contributed by atoms with E-state index in [1.54, 1.807) is 11.9 Å². The van der Waals surface area contributed by atoms with E-state index in [4.69, 9.17) is 11.6 Å². The molecular weight excluding hydrogens is 282 g/mol. The molecule has 1 aromatic carbocycles. The summed E-state index contributed by atoms with van der Waals surface area (Å²) in [7, 11) is 1.67. The second-order valence-electron chi connectivity index (χ2n) is 4.83. The second kappa shape index (κ2) is 6.19. The van der Waals surface area contributed by atoms with Crippen molar-refractivity contribution in [2.45, 2.75) is 18.9 Å². The van der Waals surface area contributed by atoms with E-state index in [0.717, 1.165) is 19.4 Å². The van der Waals surface area contributed by atoms with Crippen molar-refractivity contribution < 1.29 is 9.72 Å². The summed E-state index contributed by atoms with van der Waals surface area (Å²) in [5.74, 6) is -0.368. The Morgan fingerprint density at radius 1 is 1.55 bits per heavy atom. The van der Waals surface area contributed by atoms with Crippen LogP contribution in [0.3, 0.4) is 0 Å². The fraction of sp³-hybridized carbons (Fsp3) is 0.462. The van der Waals surface area contributed by atoms with Gasteiger partial charge in [-0.2, -0.15) is 0 Å². The summed E-state index contributed by atoms with van der Waals surface area (Å²) >= 11 is 5.85. The molecule has 1 amide bonds. The molecule has 108 valence electrons. The molecule has 1 atom stereocenters. The summed E-state index contributed by atoms with van der Waals surface area (Å²) in [5, 5.41) is 14.5. The molecule has 0 radical (unpaired) electrons. The molecule has 1 N–H and O–H groups in total. The molecule has 20 heavy (non-hydrogen) atoms. The highest BCUT2D eigenvalue weighted by molar-refractivity contribution is 6.31. The first-order valence-electron chi connectivity index (χ1n) is 6.42. The minimum Gasteiger partial charge on any atom is -0.337 e. The maximum atomic E-state index is 12.5. The minimum absolute atomic E-state index is 0.0376. The van der Waals surface area contributed by atoms with Crippen LogP contribution in [0.4, 0.5) is 5.69 Å². The highest BCUT2D eigenvalue weighted by Gasteiger charge is 2.28. The molecule has 7 heteroatoms. The number of hydrogen-bond acceptors (Lipinski definition) is 4. The largest absolute Gasteiger partial charge is 0.337 e. The Morgan fingerprint density at radius 2 is 2.30 bits per heavy atom. The second-order valence-corrected chi connectivity index (χ2v) is 5.27. The average molecular weight is 298 g/mol. The molecule has 0 spiro atoms. The lowest BCUT2D eigenvalue weighted by Gasteiger charge is -2.31. The van der Waals surface area contributed by atoms with Gasteiger partial charge in [0, 0.05) is 30.7 Å². The first-order chi connectivity index (χ1) is 9.50. The summed E-state index contributed by atoms with van der Waals surface area (Å²) in [6.07, 6.45) is 1.88. The molecule has 1 aliphatic heterocycles. The van der Waals surface area contributed by atoms with Gasteiger partial charge in [0.2, 0.25) is 0 Å². The van der Waals surface area contributed by atoms with Crippen molar-refractivity contribution in [3.8, 4) is 0 Å². The number of nitrogens with zero attached hydrogens (tertiary/aromatic N) is 2. The quantitative estimate of drug-likeness (QED) is 0.684. The number of benzene rings is 1. The van der Waals surface area contributed by atoms with E-state index >= 15 is 0 Å². The van der Waals surface area contributed by atoms with E-state index in [9.17, 15) is 14.9 Å². The molecule has 2 rings (SSSR count). The zero-order valence-electron chi connectivity index (χ0n) is 11.1. The molecule has 0 bridgehead atoms. The van der Waals surface area contributed by atoms with E-state index in [0.29, 0.717) is 11.6 Å². The summed E-state index contributed by atoms with van der Waals surface area (Å²) in [6, 6.07) is 4.09.